The standard InChI is InChI=1S/C44H73N7O13.C4H10N2O/c1-32(2)37(52)11-19-60-21-23-62-25-26-63-24-22-61-20-12-45-39(54)28-49-13-14-50(16-18-51(17-15-49)30-41(56)57)29-40(55)48-42(33(3)4)43(58)46-27-38(53)47-36-9-7-35(8-10-36)31-64-44(59)34(5)6;1-2-3-6-4(5)7/h7-10,32-34,42H,11-31H2,1-6H3,(H,45,54)(H,46,58)(H,47,53)(H,48,55)(H,56,57);2-3H2,1H3,(H3,5,6,7). The molecule has 1 saturated heterocycles. The van der Waals surface area contributed by atoms with E-state index in [0.29, 0.717) is 111 Å². The SMILES string of the molecule is CC(C)C(=O)CCOCCOCCOCCOCCNC(=O)CN1CCN(CC(=O)O)CCN(CC(=O)NC(C(=O)NCC(=O)Nc2ccc(COC(=O)C(C)C)cc2)C(C)C)CC1.CCCNC(N)=O. The van der Waals surface area contributed by atoms with Crippen LogP contribution in [0.15, 0.2) is 24.3 Å². The molecule has 1 aliphatic rings. The minimum absolute atomic E-state index is 0.0125. The van der Waals surface area contributed by atoms with Crippen molar-refractivity contribution in [3.05, 3.63) is 29.8 Å². The molecule has 0 spiro atoms. The third-order valence-electron chi connectivity index (χ3n) is 10.4. The van der Waals surface area contributed by atoms with Crippen LogP contribution in [0.1, 0.15) is 66.9 Å². The summed E-state index contributed by atoms with van der Waals surface area (Å²) >= 11 is 0. The van der Waals surface area contributed by atoms with Crippen molar-refractivity contribution < 1.29 is 67.1 Å². The van der Waals surface area contributed by atoms with Crippen LogP contribution in [0, 0.1) is 17.8 Å². The number of anilines is 1. The zero-order chi connectivity index (χ0) is 53.0. The Labute approximate surface area is 419 Å². The molecule has 1 aliphatic heterocycles. The van der Waals surface area contributed by atoms with Gasteiger partial charge in [0.25, 0.3) is 0 Å². The van der Waals surface area contributed by atoms with Crippen LogP contribution >= 0.6 is 0 Å². The zero-order valence-corrected chi connectivity index (χ0v) is 43.1. The van der Waals surface area contributed by atoms with E-state index in [9.17, 15) is 43.5 Å². The topological polar surface area (TPSA) is 299 Å². The number of nitrogens with one attached hydrogen (secondary N) is 5. The largest absolute Gasteiger partial charge is 0.480 e. The zero-order valence-electron chi connectivity index (χ0n) is 43.1. The van der Waals surface area contributed by atoms with Gasteiger partial charge in [0.05, 0.1) is 85.0 Å². The van der Waals surface area contributed by atoms with E-state index in [2.05, 4.69) is 26.6 Å². The second kappa shape index (κ2) is 38.4. The van der Waals surface area contributed by atoms with E-state index in [1.165, 1.54) is 0 Å². The van der Waals surface area contributed by atoms with Gasteiger partial charge in [-0.25, -0.2) is 4.79 Å². The number of hydrogen-bond donors (Lipinski definition) is 7. The highest BCUT2D eigenvalue weighted by Gasteiger charge is 2.27. The summed E-state index contributed by atoms with van der Waals surface area (Å²) < 4.78 is 27.1. The number of primary amides is 1. The Kier molecular flexibility index (Phi) is 34.4. The van der Waals surface area contributed by atoms with E-state index in [4.69, 9.17) is 29.4 Å². The van der Waals surface area contributed by atoms with Crippen molar-refractivity contribution in [2.24, 2.45) is 23.5 Å². The molecule has 0 bridgehead atoms. The van der Waals surface area contributed by atoms with E-state index >= 15 is 0 Å². The number of ether oxygens (including phenoxy) is 5. The summed E-state index contributed by atoms with van der Waals surface area (Å²) in [7, 11) is 0. The smallest absolute Gasteiger partial charge is 0.317 e. The molecule has 2 rings (SSSR count). The van der Waals surface area contributed by atoms with Gasteiger partial charge in [-0.05, 0) is 30.0 Å². The number of amides is 6. The summed E-state index contributed by atoms with van der Waals surface area (Å²) in [5, 5.41) is 22.9. The summed E-state index contributed by atoms with van der Waals surface area (Å²) in [4.78, 5) is 102. The number of carboxylic acid groups (broad SMARTS) is 1. The Morgan fingerprint density at radius 2 is 1.13 bits per heavy atom. The van der Waals surface area contributed by atoms with Gasteiger partial charge in [0.2, 0.25) is 23.6 Å². The monoisotopic (exact) mass is 1010 g/mol. The van der Waals surface area contributed by atoms with Gasteiger partial charge in [-0.2, -0.15) is 0 Å². The number of nitrogens with zero attached hydrogens (tertiary/aromatic N) is 3. The lowest BCUT2D eigenvalue weighted by atomic mass is 10.0. The van der Waals surface area contributed by atoms with Crippen LogP contribution in [0.3, 0.4) is 0 Å². The van der Waals surface area contributed by atoms with Crippen molar-refractivity contribution in [1.82, 2.24) is 36.0 Å². The van der Waals surface area contributed by atoms with Crippen molar-refractivity contribution in [1.29, 1.82) is 0 Å². The molecular weight excluding hydrogens is 927 g/mol. The predicted molar refractivity (Wildman–Crippen MR) is 265 cm³/mol. The van der Waals surface area contributed by atoms with Gasteiger partial charge in [0.15, 0.2) is 0 Å². The molecule has 1 aromatic rings. The fraction of sp³-hybridized carbons (Fsp3) is 0.708. The van der Waals surface area contributed by atoms with Gasteiger partial charge in [-0.15, -0.1) is 0 Å². The number of hydrogen-bond acceptors (Lipinski definition) is 16. The molecule has 1 heterocycles. The van der Waals surface area contributed by atoms with Crippen LogP contribution in [0.25, 0.3) is 0 Å². The molecule has 23 nitrogen and oxygen atoms in total. The maximum absolute atomic E-state index is 13.3. The van der Waals surface area contributed by atoms with Crippen LogP contribution in [0.2, 0.25) is 0 Å². The molecule has 0 saturated carbocycles. The number of rotatable bonds is 33. The minimum Gasteiger partial charge on any atom is -0.480 e. The number of Topliss-reactive ketones (excluding diaryl/α,β-unsaturated/α-hetero) is 1. The molecule has 1 aromatic carbocycles. The second-order valence-corrected chi connectivity index (χ2v) is 17.7. The molecule has 1 atom stereocenters. The average molecular weight is 1010 g/mol. The van der Waals surface area contributed by atoms with Gasteiger partial charge in [-0.1, -0.05) is 60.6 Å². The third kappa shape index (κ3) is 33.1. The fourth-order valence-corrected chi connectivity index (χ4v) is 6.29. The Morgan fingerprint density at radius 3 is 1.59 bits per heavy atom. The van der Waals surface area contributed by atoms with E-state index in [-0.39, 0.29) is 74.8 Å². The first-order chi connectivity index (χ1) is 33.8. The van der Waals surface area contributed by atoms with Gasteiger partial charge >= 0.3 is 18.0 Å². The van der Waals surface area contributed by atoms with E-state index in [1.807, 2.05) is 30.6 Å². The van der Waals surface area contributed by atoms with Gasteiger partial charge in [0, 0.05) is 70.4 Å². The first-order valence-electron chi connectivity index (χ1n) is 24.5. The van der Waals surface area contributed by atoms with Gasteiger partial charge in [0.1, 0.15) is 18.4 Å². The normalized spacial score (nSPS) is 14.0. The van der Waals surface area contributed by atoms with Crippen molar-refractivity contribution in [2.75, 3.05) is 137 Å². The number of ketones is 1. The molecule has 6 amide bonds. The number of carbonyl (C=O) groups is 8. The Bertz CT molecular complexity index is 1740. The molecule has 0 aliphatic carbocycles. The Hall–Kier alpha value is -5.30. The van der Waals surface area contributed by atoms with E-state index < -0.39 is 35.8 Å². The van der Waals surface area contributed by atoms with E-state index in [1.54, 1.807) is 56.9 Å². The summed E-state index contributed by atoms with van der Waals surface area (Å²) in [5.41, 5.74) is 5.97. The Balaban J connectivity index is 0.00000333. The van der Waals surface area contributed by atoms with Crippen molar-refractivity contribution >= 4 is 53.1 Å². The Morgan fingerprint density at radius 1 is 0.620 bits per heavy atom. The molecule has 8 N–H and O–H groups in total. The first-order valence-corrected chi connectivity index (χ1v) is 24.5. The second-order valence-electron chi connectivity index (χ2n) is 17.7. The molecule has 0 aromatic heterocycles. The number of esters is 1. The minimum atomic E-state index is -0.987. The molecule has 1 unspecified atom stereocenters. The van der Waals surface area contributed by atoms with E-state index in [0.717, 1.165) is 12.0 Å². The van der Waals surface area contributed by atoms with Gasteiger partial charge in [-0.3, -0.25) is 48.3 Å². The third-order valence-corrected chi connectivity index (χ3v) is 10.4. The fourth-order valence-electron chi connectivity index (χ4n) is 6.29. The maximum Gasteiger partial charge on any atom is 0.317 e. The van der Waals surface area contributed by atoms with Gasteiger partial charge < -0.3 is 61.1 Å². The summed E-state index contributed by atoms with van der Waals surface area (Å²) in [6.07, 6.45) is 1.34. The molecule has 23 heteroatoms. The number of carboxylic acids is 1. The summed E-state index contributed by atoms with van der Waals surface area (Å²) in [6.45, 7) is 18.8. The average Bonchev–Trinajstić information content (AvgIpc) is 3.40. The molecule has 404 valence electrons. The molecular formula is C48H83N9O14. The lowest BCUT2D eigenvalue weighted by Gasteiger charge is -2.27. The predicted octanol–water partition coefficient (Wildman–Crippen LogP) is 0.448. The van der Waals surface area contributed by atoms with Crippen molar-refractivity contribution in [2.45, 2.75) is 74.0 Å². The molecule has 0 radical (unpaired) electrons. The summed E-state index contributed by atoms with van der Waals surface area (Å²) in [5.74, 6) is -3.29. The lowest BCUT2D eigenvalue weighted by molar-refractivity contribution is -0.148. The number of carbonyl (C=O) groups excluding carboxylic acids is 7. The van der Waals surface area contributed by atoms with Crippen molar-refractivity contribution in [3.8, 4) is 0 Å². The van der Waals surface area contributed by atoms with Crippen LogP contribution in [-0.4, -0.2) is 205 Å². The highest BCUT2D eigenvalue weighted by atomic mass is 16.6. The van der Waals surface area contributed by atoms with Crippen LogP contribution in [0.5, 0.6) is 0 Å². The highest BCUT2D eigenvalue weighted by molar-refractivity contribution is 5.96. The molecule has 71 heavy (non-hydrogen) atoms. The number of aliphatic carboxylic acids is 1. The first kappa shape index (κ1) is 63.7. The maximum atomic E-state index is 13.3. The van der Waals surface area contributed by atoms with Crippen molar-refractivity contribution in [3.63, 3.8) is 0 Å². The highest BCUT2D eigenvalue weighted by Crippen LogP contribution is 2.12. The van der Waals surface area contributed by atoms with Crippen LogP contribution in [0.4, 0.5) is 10.5 Å². The molecule has 1 fully saturated rings. The number of urea groups is 1. The quantitative estimate of drug-likeness (QED) is 0.0372. The van der Waals surface area contributed by atoms with Crippen LogP contribution < -0.4 is 32.3 Å². The summed E-state index contributed by atoms with van der Waals surface area (Å²) in [6, 6.07) is 5.40. The lowest BCUT2D eigenvalue weighted by Crippen LogP contribution is -2.53. The van der Waals surface area contributed by atoms with Crippen LogP contribution in [-0.2, 0) is 63.9 Å². The number of nitrogens with two attached hydrogens (primary N) is 1. The number of benzene rings is 1.